The minimum absolute atomic E-state index is 0.122. The fraction of sp³-hybridized carbons (Fsp3) is 0.686. The number of ether oxygens (including phenoxy) is 1. The van der Waals surface area contributed by atoms with E-state index in [1.54, 1.807) is 0 Å². The second-order valence-corrected chi connectivity index (χ2v) is 19.6. The molecule has 0 saturated carbocycles. The van der Waals surface area contributed by atoms with Gasteiger partial charge in [0.25, 0.3) is 11.8 Å². The van der Waals surface area contributed by atoms with Gasteiger partial charge in [0.15, 0.2) is 6.10 Å². The highest BCUT2D eigenvalue weighted by molar-refractivity contribution is 6.10. The average Bonchev–Trinajstić information content (AvgIpc) is 3.71. The Morgan fingerprint density at radius 1 is 0.691 bits per heavy atom. The van der Waals surface area contributed by atoms with Gasteiger partial charge in [0.1, 0.15) is 60.3 Å². The highest BCUT2D eigenvalue weighted by Gasteiger charge is 2.47. The van der Waals surface area contributed by atoms with Crippen LogP contribution in [0.5, 0.6) is 0 Å². The number of fused-ring (bicyclic) bond motifs is 2. The molecular weight excluding hydrogens is 1070 g/mol. The Bertz CT molecular complexity index is 2250. The molecule has 0 aromatic carbocycles. The molecule has 2 saturated heterocycles. The van der Waals surface area contributed by atoms with Crippen LogP contribution in [0.1, 0.15) is 130 Å². The summed E-state index contributed by atoms with van der Waals surface area (Å²) >= 11 is 0. The van der Waals surface area contributed by atoms with Crippen LogP contribution in [0.2, 0.25) is 0 Å². The number of aliphatic hydroxyl groups is 4. The van der Waals surface area contributed by atoms with Crippen LogP contribution >= 0.6 is 0 Å². The number of allylic oxidation sites excluding steroid dienone is 1. The van der Waals surface area contributed by atoms with Crippen molar-refractivity contribution in [2.75, 3.05) is 32.8 Å². The van der Waals surface area contributed by atoms with Crippen LogP contribution in [0.15, 0.2) is 23.5 Å². The number of esters is 1. The number of carboxylic acid groups (broad SMARTS) is 1. The summed E-state index contributed by atoms with van der Waals surface area (Å²) in [5, 5.41) is 69.1. The molecule has 0 spiro atoms. The number of hydrogen-bond donors (Lipinski definition) is 16. The summed E-state index contributed by atoms with van der Waals surface area (Å²) in [6.07, 6.45) is 3.36. The minimum atomic E-state index is -2.80. The smallest absolute Gasteiger partial charge is 0.354 e. The van der Waals surface area contributed by atoms with Crippen LogP contribution in [-0.2, 0) is 62.3 Å². The molecule has 0 aliphatic carbocycles. The molecule has 30 nitrogen and oxygen atoms in total. The third-order valence-electron chi connectivity index (χ3n) is 13.1. The third-order valence-corrected chi connectivity index (χ3v) is 13.1. The maximum Gasteiger partial charge on any atom is 0.354 e. The van der Waals surface area contributed by atoms with Crippen molar-refractivity contribution in [2.24, 2.45) is 17.2 Å². The predicted molar refractivity (Wildman–Crippen MR) is 286 cm³/mol. The van der Waals surface area contributed by atoms with E-state index in [2.05, 4.69) is 38.8 Å². The fourth-order valence-electron chi connectivity index (χ4n) is 8.58. The zero-order valence-corrected chi connectivity index (χ0v) is 46.2. The molecule has 30 heteroatoms. The lowest BCUT2D eigenvalue weighted by atomic mass is 10.0. The van der Waals surface area contributed by atoms with Crippen molar-refractivity contribution < 1.29 is 87.8 Å². The first-order valence-electron chi connectivity index (χ1n) is 27.3. The zero-order chi connectivity index (χ0) is 60.8. The Kier molecular flexibility index (Phi) is 32.2. The molecule has 19 N–H and O–H groups in total. The SMILES string of the molecule is C/C=C1\NC(=O)/C(=C\CO)NC(=O)C([C@H](O)C(=O)O)NC(=O)[C@H]([C@H](C)O)NC(=O)C(CCN)NC(=O)C(CCCCN)N2C(=O)C[C@H](NC(=O)C(CCN)NC(=O)C(NC(=O)C[C@H](O)CCCCCCCCCCC)COC1=O)C2=O. The number of carbonyl (C=O) groups is 12. The first kappa shape index (κ1) is 70.1. The second kappa shape index (κ2) is 37.1. The number of cyclic esters (lactones) is 1. The van der Waals surface area contributed by atoms with E-state index < -0.39 is 169 Å². The van der Waals surface area contributed by atoms with Crippen LogP contribution < -0.4 is 59.7 Å². The summed E-state index contributed by atoms with van der Waals surface area (Å²) in [7, 11) is 0. The lowest BCUT2D eigenvalue weighted by molar-refractivity contribution is -0.152. The lowest BCUT2D eigenvalue weighted by Crippen LogP contribution is -2.63. The van der Waals surface area contributed by atoms with Crippen LogP contribution in [-0.4, -0.2) is 195 Å². The summed E-state index contributed by atoms with van der Waals surface area (Å²) < 4.78 is 5.33. The predicted octanol–water partition coefficient (Wildman–Crippen LogP) is -5.08. The largest absolute Gasteiger partial charge is 0.479 e. The van der Waals surface area contributed by atoms with Gasteiger partial charge in [-0.15, -0.1) is 0 Å². The van der Waals surface area contributed by atoms with E-state index in [0.29, 0.717) is 17.4 Å². The van der Waals surface area contributed by atoms with Crippen LogP contribution in [0, 0.1) is 0 Å². The number of imide groups is 1. The molecule has 456 valence electrons. The van der Waals surface area contributed by atoms with E-state index in [4.69, 9.17) is 21.9 Å². The summed E-state index contributed by atoms with van der Waals surface area (Å²) in [6.45, 7) is 1.89. The normalized spacial score (nSPS) is 24.8. The highest BCUT2D eigenvalue weighted by atomic mass is 16.5. The van der Waals surface area contributed by atoms with Gasteiger partial charge in [-0.2, -0.15) is 0 Å². The molecule has 2 aliphatic rings. The number of carboxylic acids is 1. The fourth-order valence-corrected chi connectivity index (χ4v) is 8.58. The molecule has 2 heterocycles. The zero-order valence-electron chi connectivity index (χ0n) is 46.2. The number of carbonyl (C=O) groups excluding carboxylic acids is 11. The number of hydrogen-bond acceptors (Lipinski definition) is 20. The van der Waals surface area contributed by atoms with Crippen molar-refractivity contribution >= 4 is 71.0 Å². The maximum atomic E-state index is 14.2. The van der Waals surface area contributed by atoms with Gasteiger partial charge in [-0.3, -0.25) is 52.8 Å². The molecule has 0 aromatic rings. The van der Waals surface area contributed by atoms with Crippen molar-refractivity contribution in [2.45, 2.75) is 191 Å². The van der Waals surface area contributed by atoms with Gasteiger partial charge in [0.05, 0.1) is 31.7 Å². The van der Waals surface area contributed by atoms with Gasteiger partial charge in [0, 0.05) is 0 Å². The van der Waals surface area contributed by atoms with E-state index in [1.165, 1.54) is 13.3 Å². The van der Waals surface area contributed by atoms with Crippen molar-refractivity contribution in [1.29, 1.82) is 0 Å². The molecule has 5 unspecified atom stereocenters. The minimum Gasteiger partial charge on any atom is -0.479 e. The first-order chi connectivity index (χ1) is 38.5. The molecular formula is C51H84N12O18. The Morgan fingerprint density at radius 2 is 1.27 bits per heavy atom. The number of amides is 10. The summed E-state index contributed by atoms with van der Waals surface area (Å²) in [5.74, 6) is -15.5. The molecule has 10 atom stereocenters. The average molecular weight is 1150 g/mol. The second-order valence-electron chi connectivity index (χ2n) is 19.6. The number of nitrogens with one attached hydrogen (secondary N) is 8. The van der Waals surface area contributed by atoms with Gasteiger partial charge in [-0.1, -0.05) is 70.8 Å². The number of aliphatic carboxylic acids is 1. The van der Waals surface area contributed by atoms with E-state index in [-0.39, 0.29) is 58.2 Å². The molecule has 81 heavy (non-hydrogen) atoms. The van der Waals surface area contributed by atoms with Gasteiger partial charge < -0.3 is 90.0 Å². The number of aliphatic hydroxyl groups excluding tert-OH is 4. The van der Waals surface area contributed by atoms with E-state index in [9.17, 15) is 83.1 Å². The molecule has 0 aromatic heterocycles. The quantitative estimate of drug-likeness (QED) is 0.0176. The van der Waals surface area contributed by atoms with Crippen molar-refractivity contribution in [3.63, 3.8) is 0 Å². The molecule has 2 bridgehead atoms. The Hall–Kier alpha value is -6.96. The van der Waals surface area contributed by atoms with E-state index >= 15 is 0 Å². The van der Waals surface area contributed by atoms with E-state index in [1.807, 2.05) is 10.6 Å². The Balaban J connectivity index is 2.69. The van der Waals surface area contributed by atoms with Crippen molar-refractivity contribution in [3.8, 4) is 0 Å². The number of rotatable bonds is 25. The molecule has 2 aliphatic heterocycles. The van der Waals surface area contributed by atoms with Gasteiger partial charge in [-0.25, -0.2) is 9.59 Å². The Morgan fingerprint density at radius 3 is 1.83 bits per heavy atom. The molecule has 2 fully saturated rings. The molecule has 2 rings (SSSR count). The molecule has 10 amide bonds. The van der Waals surface area contributed by atoms with Crippen LogP contribution in [0.4, 0.5) is 0 Å². The van der Waals surface area contributed by atoms with Crippen molar-refractivity contribution in [1.82, 2.24) is 47.4 Å². The summed E-state index contributed by atoms with van der Waals surface area (Å²) in [6, 6.07) is -13.1. The monoisotopic (exact) mass is 1150 g/mol. The van der Waals surface area contributed by atoms with Gasteiger partial charge in [-0.05, 0) is 78.1 Å². The van der Waals surface area contributed by atoms with Crippen LogP contribution in [0.3, 0.4) is 0 Å². The molecule has 0 radical (unpaired) electrons. The third kappa shape index (κ3) is 23.6. The van der Waals surface area contributed by atoms with Gasteiger partial charge >= 0.3 is 11.9 Å². The van der Waals surface area contributed by atoms with Gasteiger partial charge in [0.2, 0.25) is 47.3 Å². The number of nitrogens with two attached hydrogens (primary N) is 3. The van der Waals surface area contributed by atoms with Crippen LogP contribution in [0.25, 0.3) is 0 Å². The van der Waals surface area contributed by atoms with Crippen molar-refractivity contribution in [3.05, 3.63) is 23.5 Å². The maximum absolute atomic E-state index is 14.2. The van der Waals surface area contributed by atoms with E-state index in [0.717, 1.165) is 57.9 Å². The first-order valence-corrected chi connectivity index (χ1v) is 27.3. The topological polar surface area (TPSA) is 493 Å². The number of nitrogens with zero attached hydrogens (tertiary/aromatic N) is 1. The summed E-state index contributed by atoms with van der Waals surface area (Å²) in [5.41, 5.74) is 15.7. The lowest BCUT2D eigenvalue weighted by Gasteiger charge is -2.30. The Labute approximate surface area is 469 Å². The highest BCUT2D eigenvalue weighted by Crippen LogP contribution is 2.22. The standard InChI is InChI=1S/C51H84N12O18/c1-4-6-7-8-9-10-11-12-13-16-29(66)25-37(67)55-35-27-81-51(80)30(5-2)56-43(71)33(20-24-64)59-48(76)40(41(69)50(78)79)62-47(75)39(28(3)65)61-44(72)32(19-23-54)58-46(74)36(17-14-15-21-52)63-38(68)26-34(49(63)77)60-42(70)31(18-22-53)57-45(35)73/h5,20,28-29,31-32,34-36,39-41,64-66,69H,4,6-19,21-27,52-54H2,1-3H3,(H,55,67)(H,56,71)(H,57,73)(H,58,74)(H,59,76)(H,60,70)(H,61,72)(H,62,75)(H,78,79)/b30-5-,33-20+/t28-,29+,31?,32?,34-,35?,36?,39-,40?,41-/m0/s1. The number of unbranched alkanes of at least 4 members (excludes halogenated alkanes) is 9. The summed E-state index contributed by atoms with van der Waals surface area (Å²) in [4.78, 5) is 164.